The van der Waals surface area contributed by atoms with Crippen molar-refractivity contribution in [2.45, 2.75) is 39.5 Å². The summed E-state index contributed by atoms with van der Waals surface area (Å²) in [7, 11) is 0. The van der Waals surface area contributed by atoms with Crippen LogP contribution < -0.4 is 10.2 Å². The highest BCUT2D eigenvalue weighted by molar-refractivity contribution is 5.95. The zero-order chi connectivity index (χ0) is 18.5. The van der Waals surface area contributed by atoms with Crippen molar-refractivity contribution in [1.82, 2.24) is 10.2 Å². The average Bonchev–Trinajstić information content (AvgIpc) is 3.22. The van der Waals surface area contributed by atoms with Crippen molar-refractivity contribution >= 4 is 17.5 Å². The van der Waals surface area contributed by atoms with E-state index in [1.54, 1.807) is 0 Å². The Morgan fingerprint density at radius 1 is 1.23 bits per heavy atom. The van der Waals surface area contributed by atoms with Gasteiger partial charge in [0.2, 0.25) is 11.8 Å². The van der Waals surface area contributed by atoms with Crippen LogP contribution in [-0.2, 0) is 16.0 Å². The highest BCUT2D eigenvalue weighted by atomic mass is 16.2. The summed E-state index contributed by atoms with van der Waals surface area (Å²) < 4.78 is 0. The summed E-state index contributed by atoms with van der Waals surface area (Å²) in [5, 5.41) is 3.09. The van der Waals surface area contributed by atoms with Gasteiger partial charge in [0.05, 0.1) is 6.42 Å². The monoisotopic (exact) mass is 357 g/mol. The molecule has 1 aromatic carbocycles. The number of likely N-dealkylation sites (tertiary alicyclic amines) is 1. The molecule has 26 heavy (non-hydrogen) atoms. The number of amides is 2. The van der Waals surface area contributed by atoms with E-state index in [9.17, 15) is 9.59 Å². The lowest BCUT2D eigenvalue weighted by atomic mass is 10.1. The summed E-state index contributed by atoms with van der Waals surface area (Å²) in [5.74, 6) is 1.54. The predicted octanol–water partition coefficient (Wildman–Crippen LogP) is 2.45. The first-order valence-electron chi connectivity index (χ1n) is 9.89. The van der Waals surface area contributed by atoms with Crippen LogP contribution in [0.5, 0.6) is 0 Å². The number of hydrogen-bond acceptors (Lipinski definition) is 3. The van der Waals surface area contributed by atoms with Crippen LogP contribution in [0.3, 0.4) is 0 Å². The minimum Gasteiger partial charge on any atom is -0.355 e. The van der Waals surface area contributed by atoms with Crippen molar-refractivity contribution in [3.8, 4) is 0 Å². The molecule has 1 aromatic rings. The summed E-state index contributed by atoms with van der Waals surface area (Å²) in [6, 6.07) is 7.82. The first-order chi connectivity index (χ1) is 12.5. The molecule has 0 aliphatic carbocycles. The molecule has 2 heterocycles. The van der Waals surface area contributed by atoms with Crippen LogP contribution in [0, 0.1) is 11.8 Å². The van der Waals surface area contributed by atoms with Gasteiger partial charge in [-0.2, -0.15) is 0 Å². The van der Waals surface area contributed by atoms with Gasteiger partial charge in [0.15, 0.2) is 0 Å². The first-order valence-corrected chi connectivity index (χ1v) is 9.89. The molecule has 0 radical (unpaired) electrons. The van der Waals surface area contributed by atoms with E-state index < -0.39 is 0 Å². The minimum absolute atomic E-state index is 0.0808. The van der Waals surface area contributed by atoms with E-state index in [1.807, 2.05) is 29.2 Å². The average molecular weight is 357 g/mol. The number of nitrogens with one attached hydrogen (secondary N) is 1. The Morgan fingerprint density at radius 2 is 2.00 bits per heavy atom. The van der Waals surface area contributed by atoms with Crippen molar-refractivity contribution in [1.29, 1.82) is 0 Å². The lowest BCUT2D eigenvalue weighted by molar-refractivity contribution is -0.120. The maximum Gasteiger partial charge on any atom is 0.227 e. The Hall–Kier alpha value is -1.88. The van der Waals surface area contributed by atoms with Crippen molar-refractivity contribution in [3.05, 3.63) is 29.8 Å². The number of anilines is 1. The Balaban J connectivity index is 1.41. The van der Waals surface area contributed by atoms with Crippen LogP contribution in [-0.4, -0.2) is 49.4 Å². The predicted molar refractivity (Wildman–Crippen MR) is 104 cm³/mol. The number of rotatable bonds is 7. The molecular weight excluding hydrogens is 326 g/mol. The van der Waals surface area contributed by atoms with E-state index >= 15 is 0 Å². The van der Waals surface area contributed by atoms with Gasteiger partial charge in [-0.3, -0.25) is 9.59 Å². The molecule has 3 rings (SSSR count). The van der Waals surface area contributed by atoms with Gasteiger partial charge in [-0.15, -0.1) is 0 Å². The molecule has 2 saturated heterocycles. The van der Waals surface area contributed by atoms with E-state index in [-0.39, 0.29) is 11.8 Å². The van der Waals surface area contributed by atoms with Crippen molar-refractivity contribution < 1.29 is 9.59 Å². The van der Waals surface area contributed by atoms with Gasteiger partial charge >= 0.3 is 0 Å². The standard InChI is InChI=1S/C21H31N3O2/c1-16(2)14-23-11-9-18(15-23)13-22-20(25)12-17-5-7-19(8-6-17)24-10-3-4-21(24)26/h5-8,16,18H,3-4,9-15H2,1-2H3,(H,22,25)/t18-/m0/s1. The molecule has 2 fully saturated rings. The number of benzene rings is 1. The van der Waals surface area contributed by atoms with Gasteiger partial charge < -0.3 is 15.1 Å². The molecule has 5 heteroatoms. The van der Waals surface area contributed by atoms with Gasteiger partial charge in [-0.25, -0.2) is 0 Å². The fourth-order valence-electron chi connectivity index (χ4n) is 3.98. The number of nitrogens with zero attached hydrogens (tertiary/aromatic N) is 2. The Kier molecular flexibility index (Phi) is 6.30. The minimum atomic E-state index is 0.0808. The highest BCUT2D eigenvalue weighted by Crippen LogP contribution is 2.22. The summed E-state index contributed by atoms with van der Waals surface area (Å²) in [6.07, 6.45) is 3.14. The zero-order valence-electron chi connectivity index (χ0n) is 16.0. The largest absolute Gasteiger partial charge is 0.355 e. The molecule has 0 spiro atoms. The van der Waals surface area contributed by atoms with Crippen LogP contribution in [0.1, 0.15) is 38.7 Å². The van der Waals surface area contributed by atoms with E-state index in [1.165, 1.54) is 6.42 Å². The molecule has 0 aromatic heterocycles. The summed E-state index contributed by atoms with van der Waals surface area (Å²) in [4.78, 5) is 28.3. The number of carbonyl (C=O) groups excluding carboxylic acids is 2. The molecule has 2 amide bonds. The molecule has 0 saturated carbocycles. The lowest BCUT2D eigenvalue weighted by Gasteiger charge is -2.18. The molecule has 142 valence electrons. The highest BCUT2D eigenvalue weighted by Gasteiger charge is 2.23. The van der Waals surface area contributed by atoms with Crippen molar-refractivity contribution in [3.63, 3.8) is 0 Å². The Bertz CT molecular complexity index is 627. The molecule has 2 aliphatic heterocycles. The topological polar surface area (TPSA) is 52.7 Å². The van der Waals surface area contributed by atoms with Crippen LogP contribution in [0.25, 0.3) is 0 Å². The SMILES string of the molecule is CC(C)CN1CC[C@@H](CNC(=O)Cc2ccc(N3CCCC3=O)cc2)C1. The van der Waals surface area contributed by atoms with Gasteiger partial charge in [0, 0.05) is 38.3 Å². The molecule has 5 nitrogen and oxygen atoms in total. The third kappa shape index (κ3) is 5.07. The third-order valence-corrected chi connectivity index (χ3v) is 5.27. The van der Waals surface area contributed by atoms with Crippen LogP contribution in [0.2, 0.25) is 0 Å². The van der Waals surface area contributed by atoms with Gasteiger partial charge in [0.1, 0.15) is 0 Å². The zero-order valence-corrected chi connectivity index (χ0v) is 16.0. The number of hydrogen-bond donors (Lipinski definition) is 1. The molecule has 1 N–H and O–H groups in total. The lowest BCUT2D eigenvalue weighted by Crippen LogP contribution is -2.32. The fraction of sp³-hybridized carbons (Fsp3) is 0.619. The molecule has 2 aliphatic rings. The maximum absolute atomic E-state index is 12.2. The van der Waals surface area contributed by atoms with E-state index in [4.69, 9.17) is 0 Å². The Labute approximate surface area is 156 Å². The van der Waals surface area contributed by atoms with E-state index in [0.717, 1.165) is 50.4 Å². The quantitative estimate of drug-likeness (QED) is 0.815. The summed E-state index contributed by atoms with van der Waals surface area (Å²) in [5.41, 5.74) is 1.93. The number of carbonyl (C=O) groups is 2. The van der Waals surface area contributed by atoms with Gasteiger partial charge in [0.25, 0.3) is 0 Å². The summed E-state index contributed by atoms with van der Waals surface area (Å²) in [6.45, 7) is 9.46. The second-order valence-corrected chi connectivity index (χ2v) is 8.10. The second-order valence-electron chi connectivity index (χ2n) is 8.10. The van der Waals surface area contributed by atoms with E-state index in [0.29, 0.717) is 24.7 Å². The first kappa shape index (κ1) is 18.9. The van der Waals surface area contributed by atoms with Crippen LogP contribution in [0.15, 0.2) is 24.3 Å². The molecule has 1 atom stereocenters. The van der Waals surface area contributed by atoms with Gasteiger partial charge in [-0.05, 0) is 48.9 Å². The smallest absolute Gasteiger partial charge is 0.227 e. The molecule has 0 unspecified atom stereocenters. The van der Waals surface area contributed by atoms with Gasteiger partial charge in [-0.1, -0.05) is 26.0 Å². The van der Waals surface area contributed by atoms with Crippen molar-refractivity contribution in [2.24, 2.45) is 11.8 Å². The fourth-order valence-corrected chi connectivity index (χ4v) is 3.98. The third-order valence-electron chi connectivity index (χ3n) is 5.27. The van der Waals surface area contributed by atoms with Crippen LogP contribution in [0.4, 0.5) is 5.69 Å². The van der Waals surface area contributed by atoms with E-state index in [2.05, 4.69) is 24.1 Å². The molecule has 0 bridgehead atoms. The summed E-state index contributed by atoms with van der Waals surface area (Å²) >= 11 is 0. The van der Waals surface area contributed by atoms with Crippen molar-refractivity contribution in [2.75, 3.05) is 37.6 Å². The normalized spacial score (nSPS) is 21.0. The maximum atomic E-state index is 12.2. The molecular formula is C21H31N3O2. The van der Waals surface area contributed by atoms with Crippen LogP contribution >= 0.6 is 0 Å². The second kappa shape index (κ2) is 8.67. The Morgan fingerprint density at radius 3 is 2.65 bits per heavy atom.